The number of aryl methyl sites for hydroxylation is 1. The molecule has 0 radical (unpaired) electrons. The first-order valence-electron chi connectivity index (χ1n) is 5.61. The molecule has 1 atom stereocenters. The average molecular weight is 278 g/mol. The van der Waals surface area contributed by atoms with Gasteiger partial charge in [-0.25, -0.2) is 4.68 Å². The zero-order valence-corrected chi connectivity index (χ0v) is 11.2. The molecular weight excluding hydrogens is 264 g/mol. The van der Waals surface area contributed by atoms with Crippen molar-refractivity contribution in [2.75, 3.05) is 0 Å². The molecule has 0 amide bonds. The topological polar surface area (TPSA) is 102 Å². The van der Waals surface area contributed by atoms with Crippen molar-refractivity contribution in [2.24, 2.45) is 17.9 Å². The van der Waals surface area contributed by atoms with Gasteiger partial charge in [0.1, 0.15) is 5.84 Å². The predicted molar refractivity (Wildman–Crippen MR) is 71.9 cm³/mol. The van der Waals surface area contributed by atoms with Crippen molar-refractivity contribution in [2.45, 2.75) is 16.8 Å². The van der Waals surface area contributed by atoms with E-state index >= 15 is 0 Å². The number of nitrogens with two attached hydrogens (primary N) is 1. The molecular formula is C11H14N6OS. The lowest BCUT2D eigenvalue weighted by Crippen LogP contribution is -2.15. The zero-order chi connectivity index (χ0) is 13.7. The lowest BCUT2D eigenvalue weighted by atomic mass is 10.1. The number of hydrogen-bond donors (Lipinski definition) is 2. The van der Waals surface area contributed by atoms with Gasteiger partial charge in [-0.3, -0.25) is 0 Å². The lowest BCUT2D eigenvalue weighted by Gasteiger charge is -2.14. The summed E-state index contributed by atoms with van der Waals surface area (Å²) >= 11 is 1.47. The molecule has 0 bridgehead atoms. The van der Waals surface area contributed by atoms with E-state index in [1.165, 1.54) is 11.8 Å². The van der Waals surface area contributed by atoms with Gasteiger partial charge < -0.3 is 10.9 Å². The fraction of sp³-hybridized carbons (Fsp3) is 0.273. The molecule has 8 heteroatoms. The summed E-state index contributed by atoms with van der Waals surface area (Å²) in [4.78, 5) is 0. The molecule has 0 spiro atoms. The second-order valence-corrected chi connectivity index (χ2v) is 5.07. The third-order valence-corrected chi connectivity index (χ3v) is 3.80. The SMILES string of the molecule is Cn1nnnc1SC(CC(N)=NO)c1ccccc1. The Labute approximate surface area is 114 Å². The fourth-order valence-electron chi connectivity index (χ4n) is 1.57. The third-order valence-electron chi connectivity index (χ3n) is 2.52. The summed E-state index contributed by atoms with van der Waals surface area (Å²) in [5, 5.41) is 23.7. The molecule has 19 heavy (non-hydrogen) atoms. The number of tetrazole rings is 1. The fourth-order valence-corrected chi connectivity index (χ4v) is 2.65. The van der Waals surface area contributed by atoms with Crippen LogP contribution in [-0.4, -0.2) is 31.3 Å². The Morgan fingerprint density at radius 1 is 1.47 bits per heavy atom. The number of amidine groups is 1. The second kappa shape index (κ2) is 6.19. The molecule has 2 aromatic rings. The number of nitrogens with zero attached hydrogens (tertiary/aromatic N) is 5. The van der Waals surface area contributed by atoms with Crippen LogP contribution in [-0.2, 0) is 7.05 Å². The monoisotopic (exact) mass is 278 g/mol. The van der Waals surface area contributed by atoms with Crippen LogP contribution >= 0.6 is 11.8 Å². The summed E-state index contributed by atoms with van der Waals surface area (Å²) in [7, 11) is 1.77. The van der Waals surface area contributed by atoms with Gasteiger partial charge in [0.2, 0.25) is 5.16 Å². The quantitative estimate of drug-likeness (QED) is 0.280. The molecule has 0 aliphatic rings. The number of benzene rings is 1. The Balaban J connectivity index is 2.22. The lowest BCUT2D eigenvalue weighted by molar-refractivity contribution is 0.317. The first kappa shape index (κ1) is 13.3. The summed E-state index contributed by atoms with van der Waals surface area (Å²) in [6, 6.07) is 9.82. The van der Waals surface area contributed by atoms with Crippen LogP contribution in [0.3, 0.4) is 0 Å². The Kier molecular flexibility index (Phi) is 4.35. The van der Waals surface area contributed by atoms with Crippen LogP contribution in [0.25, 0.3) is 0 Å². The number of aromatic nitrogens is 4. The molecule has 100 valence electrons. The van der Waals surface area contributed by atoms with Gasteiger partial charge in [0.15, 0.2) is 0 Å². The molecule has 0 saturated carbocycles. The highest BCUT2D eigenvalue weighted by molar-refractivity contribution is 7.99. The minimum atomic E-state index is -0.0122. The van der Waals surface area contributed by atoms with E-state index in [1.54, 1.807) is 11.7 Å². The van der Waals surface area contributed by atoms with Crippen LogP contribution in [0, 0.1) is 0 Å². The first-order valence-corrected chi connectivity index (χ1v) is 6.49. The highest BCUT2D eigenvalue weighted by Crippen LogP contribution is 2.36. The summed E-state index contributed by atoms with van der Waals surface area (Å²) < 4.78 is 1.59. The summed E-state index contributed by atoms with van der Waals surface area (Å²) in [5.41, 5.74) is 6.68. The van der Waals surface area contributed by atoms with E-state index in [0.717, 1.165) is 5.56 Å². The largest absolute Gasteiger partial charge is 0.409 e. The number of oxime groups is 1. The summed E-state index contributed by atoms with van der Waals surface area (Å²) in [6.45, 7) is 0. The molecule has 2 rings (SSSR count). The van der Waals surface area contributed by atoms with Crippen LogP contribution in [0.2, 0.25) is 0 Å². The number of thioether (sulfide) groups is 1. The van der Waals surface area contributed by atoms with Gasteiger partial charge in [0, 0.05) is 18.7 Å². The molecule has 0 aliphatic carbocycles. The van der Waals surface area contributed by atoms with E-state index in [-0.39, 0.29) is 11.1 Å². The maximum atomic E-state index is 8.72. The van der Waals surface area contributed by atoms with E-state index in [4.69, 9.17) is 10.9 Å². The average Bonchev–Trinajstić information content (AvgIpc) is 2.84. The second-order valence-electron chi connectivity index (χ2n) is 3.90. The minimum Gasteiger partial charge on any atom is -0.409 e. The Morgan fingerprint density at radius 2 is 2.21 bits per heavy atom. The van der Waals surface area contributed by atoms with E-state index < -0.39 is 0 Å². The molecule has 7 nitrogen and oxygen atoms in total. The van der Waals surface area contributed by atoms with Crippen molar-refractivity contribution in [1.29, 1.82) is 0 Å². The first-order chi connectivity index (χ1) is 9.20. The Hall–Kier alpha value is -2.09. The zero-order valence-electron chi connectivity index (χ0n) is 10.3. The smallest absolute Gasteiger partial charge is 0.209 e. The van der Waals surface area contributed by atoms with Crippen molar-refractivity contribution in [1.82, 2.24) is 20.2 Å². The molecule has 1 aromatic heterocycles. The number of hydrogen-bond acceptors (Lipinski definition) is 6. The highest BCUT2D eigenvalue weighted by atomic mass is 32.2. The van der Waals surface area contributed by atoms with Gasteiger partial charge in [-0.05, 0) is 16.0 Å². The highest BCUT2D eigenvalue weighted by Gasteiger charge is 2.18. The van der Waals surface area contributed by atoms with Crippen molar-refractivity contribution in [3.63, 3.8) is 0 Å². The molecule has 1 aromatic carbocycles. The summed E-state index contributed by atoms with van der Waals surface area (Å²) in [6.07, 6.45) is 0.415. The molecule has 0 saturated heterocycles. The van der Waals surface area contributed by atoms with Crippen molar-refractivity contribution in [3.8, 4) is 0 Å². The molecule has 0 fully saturated rings. The van der Waals surface area contributed by atoms with Crippen LogP contribution < -0.4 is 5.73 Å². The van der Waals surface area contributed by atoms with Gasteiger partial charge in [-0.1, -0.05) is 47.2 Å². The predicted octanol–water partition coefficient (Wildman–Crippen LogP) is 1.18. The van der Waals surface area contributed by atoms with Gasteiger partial charge in [-0.15, -0.1) is 5.10 Å². The van der Waals surface area contributed by atoms with E-state index in [9.17, 15) is 0 Å². The van der Waals surface area contributed by atoms with E-state index in [0.29, 0.717) is 11.6 Å². The van der Waals surface area contributed by atoms with Crippen LogP contribution in [0.15, 0.2) is 40.6 Å². The van der Waals surface area contributed by atoms with Crippen molar-refractivity contribution < 1.29 is 5.21 Å². The molecule has 1 heterocycles. The Morgan fingerprint density at radius 3 is 2.79 bits per heavy atom. The number of rotatable bonds is 5. The van der Waals surface area contributed by atoms with E-state index in [1.807, 2.05) is 30.3 Å². The molecule has 1 unspecified atom stereocenters. The standard InChI is InChI=1S/C11H14N6OS/c1-17-11(13-15-16-17)19-9(7-10(12)14-18)8-5-3-2-4-6-8/h2-6,9,18H,7H2,1H3,(H2,12,14). The normalized spacial score (nSPS) is 13.4. The van der Waals surface area contributed by atoms with E-state index in [2.05, 4.69) is 20.7 Å². The Bertz CT molecular complexity index is 555. The van der Waals surface area contributed by atoms with Crippen LogP contribution in [0.5, 0.6) is 0 Å². The van der Waals surface area contributed by atoms with Gasteiger partial charge >= 0.3 is 0 Å². The van der Waals surface area contributed by atoms with Crippen LogP contribution in [0.4, 0.5) is 0 Å². The third kappa shape index (κ3) is 3.44. The maximum absolute atomic E-state index is 8.72. The van der Waals surface area contributed by atoms with Crippen LogP contribution in [0.1, 0.15) is 17.2 Å². The maximum Gasteiger partial charge on any atom is 0.209 e. The minimum absolute atomic E-state index is 0.0122. The molecule has 3 N–H and O–H groups in total. The van der Waals surface area contributed by atoms with Crippen molar-refractivity contribution in [3.05, 3.63) is 35.9 Å². The van der Waals surface area contributed by atoms with Crippen molar-refractivity contribution >= 4 is 17.6 Å². The van der Waals surface area contributed by atoms with Gasteiger partial charge in [0.05, 0.1) is 0 Å². The molecule has 0 aliphatic heterocycles. The van der Waals surface area contributed by atoms with Gasteiger partial charge in [-0.2, -0.15) is 0 Å². The summed E-state index contributed by atoms with van der Waals surface area (Å²) in [5.74, 6) is 0.177. The van der Waals surface area contributed by atoms with Gasteiger partial charge in [0.25, 0.3) is 0 Å².